The van der Waals surface area contributed by atoms with Crippen molar-refractivity contribution in [3.8, 4) is 0 Å². The lowest BCUT2D eigenvalue weighted by Gasteiger charge is -2.53. The predicted octanol–water partition coefficient (Wildman–Crippen LogP) is 2.00. The van der Waals surface area contributed by atoms with E-state index < -0.39 is 0 Å². The molecule has 6 heteroatoms. The third kappa shape index (κ3) is 3.22. The molecule has 3 heterocycles. The average Bonchev–Trinajstić information content (AvgIpc) is 3.21. The van der Waals surface area contributed by atoms with E-state index in [4.69, 9.17) is 9.47 Å². The van der Waals surface area contributed by atoms with Crippen molar-refractivity contribution in [1.29, 1.82) is 0 Å². The second kappa shape index (κ2) is 6.48. The lowest BCUT2D eigenvalue weighted by Crippen LogP contribution is -2.67. The third-order valence-electron chi connectivity index (χ3n) is 5.69. The highest BCUT2D eigenvalue weighted by molar-refractivity contribution is 5.94. The number of hydrogen-bond donors (Lipinski definition) is 0. The summed E-state index contributed by atoms with van der Waals surface area (Å²) in [7, 11) is 1.82. The van der Waals surface area contributed by atoms with Crippen LogP contribution in [-0.2, 0) is 16.5 Å². The lowest BCUT2D eigenvalue weighted by atomic mass is 9.84. The molecule has 1 aromatic heterocycles. The molecule has 24 heavy (non-hydrogen) atoms. The average molecular weight is 333 g/mol. The molecule has 2 saturated heterocycles. The summed E-state index contributed by atoms with van der Waals surface area (Å²) in [4.78, 5) is 14.3. The zero-order valence-electron chi connectivity index (χ0n) is 14.4. The first-order chi connectivity index (χ1) is 11.6. The van der Waals surface area contributed by atoms with Crippen LogP contribution in [0.5, 0.6) is 0 Å². The number of aromatic nitrogens is 2. The first-order valence-corrected chi connectivity index (χ1v) is 9.17. The molecule has 1 aromatic rings. The minimum Gasteiger partial charge on any atom is -0.378 e. The highest BCUT2D eigenvalue weighted by Gasteiger charge is 2.49. The Hall–Kier alpha value is -1.40. The number of likely N-dealkylation sites (tertiary alicyclic amines) is 1. The van der Waals surface area contributed by atoms with E-state index >= 15 is 0 Å². The van der Waals surface area contributed by atoms with E-state index in [0.717, 1.165) is 32.0 Å². The van der Waals surface area contributed by atoms with Crippen molar-refractivity contribution < 1.29 is 14.3 Å². The van der Waals surface area contributed by atoms with E-state index in [2.05, 4.69) is 5.10 Å². The fourth-order valence-electron chi connectivity index (χ4n) is 4.30. The van der Waals surface area contributed by atoms with Crippen LogP contribution in [0.1, 0.15) is 48.9 Å². The minimum atomic E-state index is -0.184. The van der Waals surface area contributed by atoms with Crippen molar-refractivity contribution in [2.45, 2.75) is 50.2 Å². The Balaban J connectivity index is 1.28. The highest BCUT2D eigenvalue weighted by Crippen LogP contribution is 2.36. The second-order valence-corrected chi connectivity index (χ2v) is 7.69. The summed E-state index contributed by atoms with van der Waals surface area (Å²) < 4.78 is 13.9. The fraction of sp³-hybridized carbons (Fsp3) is 0.778. The van der Waals surface area contributed by atoms with Crippen LogP contribution in [0, 0.1) is 5.92 Å². The smallest absolute Gasteiger partial charge is 0.257 e. The normalized spacial score (nSPS) is 26.7. The molecule has 2 aliphatic heterocycles. The Labute approximate surface area is 143 Å². The zero-order valence-corrected chi connectivity index (χ0v) is 14.4. The number of hydrogen-bond acceptors (Lipinski definition) is 4. The number of nitrogens with zero attached hydrogens (tertiary/aromatic N) is 3. The Morgan fingerprint density at radius 3 is 2.88 bits per heavy atom. The first kappa shape index (κ1) is 16.1. The van der Waals surface area contributed by atoms with Gasteiger partial charge < -0.3 is 14.4 Å². The number of ether oxygens (including phenoxy) is 2. The van der Waals surface area contributed by atoms with Crippen LogP contribution in [-0.4, -0.2) is 58.6 Å². The first-order valence-electron chi connectivity index (χ1n) is 9.17. The van der Waals surface area contributed by atoms with Crippen LogP contribution in [0.15, 0.2) is 12.4 Å². The van der Waals surface area contributed by atoms with Crippen LogP contribution in [0.3, 0.4) is 0 Å². The number of carbonyl (C=O) groups excluding carboxylic acids is 1. The van der Waals surface area contributed by atoms with Gasteiger partial charge in [-0.2, -0.15) is 5.10 Å². The summed E-state index contributed by atoms with van der Waals surface area (Å²) in [6, 6.07) is 0. The summed E-state index contributed by atoms with van der Waals surface area (Å²) in [6.45, 7) is 2.98. The van der Waals surface area contributed by atoms with Gasteiger partial charge in [-0.05, 0) is 25.2 Å². The summed E-state index contributed by atoms with van der Waals surface area (Å²) in [5.41, 5.74) is 0.466. The van der Waals surface area contributed by atoms with E-state index in [1.165, 1.54) is 25.7 Å². The van der Waals surface area contributed by atoms with Gasteiger partial charge in [-0.1, -0.05) is 12.8 Å². The largest absolute Gasteiger partial charge is 0.378 e. The van der Waals surface area contributed by atoms with Crippen LogP contribution in [0.2, 0.25) is 0 Å². The van der Waals surface area contributed by atoms with Gasteiger partial charge in [0.15, 0.2) is 0 Å². The molecule has 0 unspecified atom stereocenters. The van der Waals surface area contributed by atoms with Crippen molar-refractivity contribution >= 4 is 5.91 Å². The van der Waals surface area contributed by atoms with E-state index in [1.807, 2.05) is 11.9 Å². The van der Waals surface area contributed by atoms with Gasteiger partial charge in [-0.25, -0.2) is 0 Å². The van der Waals surface area contributed by atoms with Gasteiger partial charge in [-0.15, -0.1) is 0 Å². The minimum absolute atomic E-state index is 0.0475. The molecule has 6 nitrogen and oxygen atoms in total. The molecule has 1 atom stereocenters. The van der Waals surface area contributed by atoms with Crippen LogP contribution in [0.25, 0.3) is 0 Å². The van der Waals surface area contributed by atoms with Crippen molar-refractivity contribution in [1.82, 2.24) is 14.7 Å². The molecule has 1 saturated carbocycles. The fourth-order valence-corrected chi connectivity index (χ4v) is 4.30. The topological polar surface area (TPSA) is 56.6 Å². The number of amides is 1. The van der Waals surface area contributed by atoms with E-state index in [9.17, 15) is 4.79 Å². The molecule has 0 radical (unpaired) electrons. The number of carbonyl (C=O) groups is 1. The maximum absolute atomic E-state index is 12.4. The van der Waals surface area contributed by atoms with Crippen LogP contribution in [0.4, 0.5) is 0 Å². The molecule has 1 amide bonds. The SMILES string of the molecule is Cn1cc(C(=O)N2CC3(C[C@H](OCC4CCCC4)CCO3)C2)cn1. The quantitative estimate of drug-likeness (QED) is 0.846. The monoisotopic (exact) mass is 333 g/mol. The van der Waals surface area contributed by atoms with Crippen LogP contribution >= 0.6 is 0 Å². The second-order valence-electron chi connectivity index (χ2n) is 7.69. The molecule has 1 aliphatic carbocycles. The Bertz CT molecular complexity index is 588. The predicted molar refractivity (Wildman–Crippen MR) is 88.7 cm³/mol. The van der Waals surface area contributed by atoms with Gasteiger partial charge in [0.2, 0.25) is 0 Å². The van der Waals surface area contributed by atoms with E-state index in [0.29, 0.717) is 18.7 Å². The summed E-state index contributed by atoms with van der Waals surface area (Å²) >= 11 is 0. The van der Waals surface area contributed by atoms with Crippen molar-refractivity contribution in [2.75, 3.05) is 26.3 Å². The summed E-state index contributed by atoms with van der Waals surface area (Å²) in [6.07, 6.45) is 10.9. The van der Waals surface area contributed by atoms with Gasteiger partial charge in [0.25, 0.3) is 5.91 Å². The molecular formula is C18H27N3O3. The van der Waals surface area contributed by atoms with Crippen molar-refractivity contribution in [3.05, 3.63) is 18.0 Å². The van der Waals surface area contributed by atoms with Gasteiger partial charge in [0, 0.05) is 32.9 Å². The summed E-state index contributed by atoms with van der Waals surface area (Å²) in [5.74, 6) is 0.806. The molecule has 1 spiro atoms. The van der Waals surface area contributed by atoms with Gasteiger partial charge in [-0.3, -0.25) is 9.48 Å². The molecule has 0 aromatic carbocycles. The Morgan fingerprint density at radius 1 is 1.38 bits per heavy atom. The number of rotatable bonds is 4. The van der Waals surface area contributed by atoms with Gasteiger partial charge in [0.05, 0.1) is 31.0 Å². The zero-order chi connectivity index (χ0) is 16.6. The standard InChI is InChI=1S/C18H27N3O3/c1-20-10-15(9-19-20)17(22)21-12-18(13-21)8-16(6-7-24-18)23-11-14-4-2-3-5-14/h9-10,14,16H,2-8,11-13H2,1H3/t16-/m1/s1. The lowest BCUT2D eigenvalue weighted by molar-refractivity contribution is -0.187. The van der Waals surface area contributed by atoms with Crippen molar-refractivity contribution in [3.63, 3.8) is 0 Å². The third-order valence-corrected chi connectivity index (χ3v) is 5.69. The molecule has 3 aliphatic rings. The maximum Gasteiger partial charge on any atom is 0.257 e. The van der Waals surface area contributed by atoms with Crippen LogP contribution < -0.4 is 0 Å². The molecule has 0 bridgehead atoms. The van der Waals surface area contributed by atoms with E-state index in [-0.39, 0.29) is 17.6 Å². The molecule has 0 N–H and O–H groups in total. The van der Waals surface area contributed by atoms with E-state index in [1.54, 1.807) is 17.1 Å². The van der Waals surface area contributed by atoms with Gasteiger partial charge in [0.1, 0.15) is 5.60 Å². The molecule has 4 rings (SSSR count). The summed E-state index contributed by atoms with van der Waals surface area (Å²) in [5, 5.41) is 4.07. The number of aryl methyl sites for hydroxylation is 1. The van der Waals surface area contributed by atoms with Crippen molar-refractivity contribution in [2.24, 2.45) is 13.0 Å². The Morgan fingerprint density at radius 2 is 2.17 bits per heavy atom. The molecular weight excluding hydrogens is 306 g/mol. The highest BCUT2D eigenvalue weighted by atomic mass is 16.5. The Kier molecular flexibility index (Phi) is 4.35. The van der Waals surface area contributed by atoms with Gasteiger partial charge >= 0.3 is 0 Å². The molecule has 132 valence electrons. The molecule has 3 fully saturated rings. The maximum atomic E-state index is 12.4.